The normalized spacial score (nSPS) is 21.7. The van der Waals surface area contributed by atoms with Crippen molar-refractivity contribution in [3.05, 3.63) is 163 Å². The quantitative estimate of drug-likeness (QED) is 0.145. The van der Waals surface area contributed by atoms with Crippen LogP contribution in [0.5, 0.6) is 11.5 Å². The van der Waals surface area contributed by atoms with Crippen LogP contribution < -0.4 is 21.5 Å². The summed E-state index contributed by atoms with van der Waals surface area (Å²) >= 11 is 12.8. The van der Waals surface area contributed by atoms with Gasteiger partial charge in [-0.05, 0) is 77.0 Å². The third-order valence-corrected chi connectivity index (χ3v) is 11.7. The van der Waals surface area contributed by atoms with E-state index in [1.165, 1.54) is 15.4 Å². The van der Waals surface area contributed by atoms with Gasteiger partial charge < -0.3 is 9.84 Å². The van der Waals surface area contributed by atoms with E-state index in [0.29, 0.717) is 49.6 Å². The highest BCUT2D eigenvalue weighted by molar-refractivity contribution is 6.36. The van der Waals surface area contributed by atoms with E-state index in [9.17, 15) is 14.7 Å². The Morgan fingerprint density at radius 2 is 1.56 bits per heavy atom. The number of hydrazine groups is 1. The molecule has 0 unspecified atom stereocenters. The molecule has 4 atom stereocenters. The van der Waals surface area contributed by atoms with Gasteiger partial charge in [0.25, 0.3) is 11.8 Å². The molecule has 1 saturated heterocycles. The minimum atomic E-state index is -1.58. The fourth-order valence-electron chi connectivity index (χ4n) is 8.81. The maximum Gasteiger partial charge on any atom is 0.352 e. The van der Waals surface area contributed by atoms with Crippen LogP contribution in [0.2, 0.25) is 10.0 Å². The number of phenols is 1. The monoisotopic (exact) mass is 759 g/mol. The Balaban J connectivity index is 1.33. The number of ether oxygens (including phenoxy) is 1. The molecule has 0 spiro atoms. The summed E-state index contributed by atoms with van der Waals surface area (Å²) in [5, 5.41) is 13.8. The van der Waals surface area contributed by atoms with Gasteiger partial charge in [-0.25, -0.2) is 23.5 Å². The van der Waals surface area contributed by atoms with Crippen molar-refractivity contribution < 1.29 is 19.4 Å². The zero-order valence-electron chi connectivity index (χ0n) is 28.6. The second kappa shape index (κ2) is 12.5. The van der Waals surface area contributed by atoms with Crippen molar-refractivity contribution in [2.45, 2.75) is 30.3 Å². The Bertz CT molecular complexity index is 2690. The number of para-hydroxylation sites is 1. The molecule has 3 heterocycles. The molecule has 6 aromatic rings. The molecule has 2 aliphatic heterocycles. The minimum Gasteiger partial charge on any atom is -0.507 e. The number of allylic oxidation sites excluding steroid dienone is 2. The van der Waals surface area contributed by atoms with E-state index in [2.05, 4.69) is 5.43 Å². The Hall–Kier alpha value is -6.04. The standard InChI is InChI=1S/C41H31Cl2N5O6/c1-54-26-14-11-23(12-15-26)41-31(37(50)47(38(41)51)44-33-17-13-24(42)21-32(33)43)22-34-30(36(41)29-16-18-35(49)28-10-6-5-9-27(28)29)19-20-45-39(52)46(40(53)48(34)45)25-7-3-2-4-8-25/h2-19,21,31,34,36,44,49H,20,22H2,1H3/t31-,34+,36-,41+/m0/s1. The van der Waals surface area contributed by atoms with Gasteiger partial charge in [-0.2, -0.15) is 5.01 Å². The first kappa shape index (κ1) is 33.8. The number of nitrogens with zero attached hydrogens (tertiary/aromatic N) is 4. The molecule has 9 rings (SSSR count). The van der Waals surface area contributed by atoms with Crippen LogP contribution in [0.25, 0.3) is 16.5 Å². The average Bonchev–Trinajstić information content (AvgIpc) is 3.57. The van der Waals surface area contributed by atoms with E-state index in [4.69, 9.17) is 27.9 Å². The van der Waals surface area contributed by atoms with Gasteiger partial charge in [0.1, 0.15) is 11.5 Å². The number of hydrogen-bond donors (Lipinski definition) is 2. The number of halogens is 2. The fourth-order valence-corrected chi connectivity index (χ4v) is 9.26. The van der Waals surface area contributed by atoms with Crippen LogP contribution in [-0.4, -0.2) is 43.0 Å². The fraction of sp³-hybridized carbons (Fsp3) is 0.171. The number of carbonyl (C=O) groups is 2. The molecule has 2 N–H and O–H groups in total. The zero-order chi connectivity index (χ0) is 37.5. The van der Waals surface area contributed by atoms with Crippen molar-refractivity contribution in [3.63, 3.8) is 0 Å². The number of benzene rings is 5. The lowest BCUT2D eigenvalue weighted by Gasteiger charge is -2.49. The van der Waals surface area contributed by atoms with E-state index >= 15 is 9.59 Å². The number of aromatic nitrogens is 3. The number of aromatic hydroxyl groups is 1. The molecule has 1 saturated carbocycles. The predicted octanol–water partition coefficient (Wildman–Crippen LogP) is 6.59. The smallest absolute Gasteiger partial charge is 0.352 e. The molecule has 2 fully saturated rings. The van der Waals surface area contributed by atoms with Crippen LogP contribution in [-0.2, 0) is 21.5 Å². The van der Waals surface area contributed by atoms with Gasteiger partial charge in [0.2, 0.25) is 0 Å². The third kappa shape index (κ3) is 4.74. The van der Waals surface area contributed by atoms with Crippen LogP contribution in [0.3, 0.4) is 0 Å². The summed E-state index contributed by atoms with van der Waals surface area (Å²) in [6.07, 6.45) is 1.91. The molecule has 5 aromatic carbocycles. The molecule has 1 aliphatic carbocycles. The number of fused-ring (bicyclic) bond motifs is 5. The summed E-state index contributed by atoms with van der Waals surface area (Å²) in [5.41, 5.74) is 2.96. The van der Waals surface area contributed by atoms with Crippen molar-refractivity contribution in [1.29, 1.82) is 0 Å². The summed E-state index contributed by atoms with van der Waals surface area (Å²) in [7, 11) is 1.55. The van der Waals surface area contributed by atoms with E-state index in [1.807, 2.05) is 24.3 Å². The molecular weight excluding hydrogens is 729 g/mol. The summed E-state index contributed by atoms with van der Waals surface area (Å²) in [5.74, 6) is -2.38. The van der Waals surface area contributed by atoms with Crippen molar-refractivity contribution in [3.8, 4) is 17.2 Å². The lowest BCUT2D eigenvalue weighted by atomic mass is 9.53. The molecule has 270 valence electrons. The van der Waals surface area contributed by atoms with E-state index in [1.54, 1.807) is 92.0 Å². The van der Waals surface area contributed by atoms with Gasteiger partial charge in [-0.3, -0.25) is 15.0 Å². The van der Waals surface area contributed by atoms with Crippen molar-refractivity contribution in [2.24, 2.45) is 5.92 Å². The number of phenolic OH excluding ortho intramolecular Hbond substituents is 1. The van der Waals surface area contributed by atoms with E-state index in [-0.39, 0.29) is 23.7 Å². The predicted molar refractivity (Wildman–Crippen MR) is 204 cm³/mol. The SMILES string of the molecule is COc1ccc([C@@]23C(=O)N(Nc4ccc(Cl)cc4Cl)C(=O)[C@@H]2C[C@@H]2C(=CCn4c(=O)n(-c5ccccc5)c(=O)n42)[C@@H]3c2ccc(O)c3ccccc23)cc1. The average molecular weight is 761 g/mol. The Morgan fingerprint density at radius 3 is 2.28 bits per heavy atom. The first-order chi connectivity index (χ1) is 26.1. The molecule has 13 heteroatoms. The topological polar surface area (TPSA) is 128 Å². The largest absolute Gasteiger partial charge is 0.507 e. The van der Waals surface area contributed by atoms with Crippen LogP contribution in [0.1, 0.15) is 29.5 Å². The Labute approximate surface area is 317 Å². The van der Waals surface area contributed by atoms with Gasteiger partial charge in [-0.1, -0.05) is 89.9 Å². The van der Waals surface area contributed by atoms with Crippen LogP contribution in [0.4, 0.5) is 5.69 Å². The van der Waals surface area contributed by atoms with Crippen molar-refractivity contribution >= 4 is 51.5 Å². The van der Waals surface area contributed by atoms with Crippen molar-refractivity contribution in [2.75, 3.05) is 12.5 Å². The highest BCUT2D eigenvalue weighted by Gasteiger charge is 2.69. The molecule has 2 amide bonds. The summed E-state index contributed by atoms with van der Waals surface area (Å²) in [6, 6.07) is 30.3. The zero-order valence-corrected chi connectivity index (χ0v) is 30.2. The van der Waals surface area contributed by atoms with Crippen LogP contribution >= 0.6 is 23.2 Å². The van der Waals surface area contributed by atoms with Gasteiger partial charge in [0.05, 0.1) is 47.4 Å². The highest BCUT2D eigenvalue weighted by Crippen LogP contribution is 2.62. The number of amides is 2. The summed E-state index contributed by atoms with van der Waals surface area (Å²) < 4.78 is 9.45. The maximum absolute atomic E-state index is 15.6. The Morgan fingerprint density at radius 1 is 0.833 bits per heavy atom. The van der Waals surface area contributed by atoms with E-state index in [0.717, 1.165) is 9.58 Å². The molecule has 11 nitrogen and oxygen atoms in total. The molecular formula is C41H31Cl2N5O6. The third-order valence-electron chi connectivity index (χ3n) is 11.1. The number of imide groups is 1. The number of nitrogens with one attached hydrogen (secondary N) is 1. The van der Waals surface area contributed by atoms with Gasteiger partial charge in [0, 0.05) is 16.3 Å². The number of rotatable bonds is 6. The van der Waals surface area contributed by atoms with E-state index < -0.39 is 46.5 Å². The minimum absolute atomic E-state index is 0.0135. The lowest BCUT2D eigenvalue weighted by molar-refractivity contribution is -0.138. The maximum atomic E-state index is 15.6. The van der Waals surface area contributed by atoms with Gasteiger partial charge in [-0.15, -0.1) is 0 Å². The Kier molecular flexibility index (Phi) is 7.84. The first-order valence-electron chi connectivity index (χ1n) is 17.3. The first-order valence-corrected chi connectivity index (χ1v) is 18.1. The number of methoxy groups -OCH3 is 1. The molecule has 0 radical (unpaired) electrons. The molecule has 54 heavy (non-hydrogen) atoms. The highest BCUT2D eigenvalue weighted by atomic mass is 35.5. The second-order valence-electron chi connectivity index (χ2n) is 13.6. The molecule has 1 aromatic heterocycles. The summed E-state index contributed by atoms with van der Waals surface area (Å²) in [6.45, 7) is 0.0418. The summed E-state index contributed by atoms with van der Waals surface area (Å²) in [4.78, 5) is 59.0. The molecule has 3 aliphatic rings. The number of anilines is 1. The number of hydrogen-bond acceptors (Lipinski definition) is 7. The van der Waals surface area contributed by atoms with Gasteiger partial charge >= 0.3 is 11.4 Å². The van der Waals surface area contributed by atoms with Crippen LogP contribution in [0.15, 0.2) is 130 Å². The van der Waals surface area contributed by atoms with Crippen LogP contribution in [0, 0.1) is 5.92 Å². The number of carbonyl (C=O) groups excluding carboxylic acids is 2. The lowest BCUT2D eigenvalue weighted by Crippen LogP contribution is -2.53. The van der Waals surface area contributed by atoms with Crippen molar-refractivity contribution in [1.82, 2.24) is 18.9 Å². The second-order valence-corrected chi connectivity index (χ2v) is 14.5. The van der Waals surface area contributed by atoms with Gasteiger partial charge in [0.15, 0.2) is 0 Å². The molecule has 0 bridgehead atoms.